The Morgan fingerprint density at radius 3 is 2.54 bits per heavy atom. The lowest BCUT2D eigenvalue weighted by Crippen LogP contribution is -2.20. The summed E-state index contributed by atoms with van der Waals surface area (Å²) in [7, 11) is 1.73. The molecule has 128 valence electrons. The van der Waals surface area contributed by atoms with Gasteiger partial charge in [0.1, 0.15) is 5.82 Å². The van der Waals surface area contributed by atoms with Gasteiger partial charge in [-0.15, -0.1) is 0 Å². The molecule has 0 unspecified atom stereocenters. The van der Waals surface area contributed by atoms with Crippen LogP contribution in [0.2, 0.25) is 0 Å². The minimum atomic E-state index is -0.0377. The van der Waals surface area contributed by atoms with E-state index in [1.807, 2.05) is 55.5 Å². The molecule has 0 fully saturated rings. The molecule has 0 saturated heterocycles. The van der Waals surface area contributed by atoms with Crippen molar-refractivity contribution in [2.45, 2.75) is 6.92 Å². The second-order valence-electron chi connectivity index (χ2n) is 6.14. The normalized spacial score (nSPS) is 11.0. The third-order valence-electron chi connectivity index (χ3n) is 4.47. The van der Waals surface area contributed by atoms with Crippen LogP contribution in [0.4, 0.5) is 5.95 Å². The summed E-state index contributed by atoms with van der Waals surface area (Å²) in [6.45, 7) is 1.83. The van der Waals surface area contributed by atoms with E-state index in [0.717, 1.165) is 22.4 Å². The van der Waals surface area contributed by atoms with E-state index in [2.05, 4.69) is 15.0 Å². The van der Waals surface area contributed by atoms with E-state index in [-0.39, 0.29) is 11.5 Å². The molecule has 2 N–H and O–H groups in total. The van der Waals surface area contributed by atoms with Crippen LogP contribution in [0.25, 0.3) is 33.3 Å². The molecule has 0 amide bonds. The molecule has 6 heteroatoms. The highest BCUT2D eigenvalue weighted by atomic mass is 16.1. The van der Waals surface area contributed by atoms with Gasteiger partial charge in [-0.2, -0.15) is 0 Å². The van der Waals surface area contributed by atoms with E-state index >= 15 is 0 Å². The van der Waals surface area contributed by atoms with E-state index < -0.39 is 0 Å². The Bertz CT molecular complexity index is 1200. The van der Waals surface area contributed by atoms with Crippen LogP contribution < -0.4 is 11.3 Å². The lowest BCUT2D eigenvalue weighted by atomic mass is 10.0. The van der Waals surface area contributed by atoms with Crippen molar-refractivity contribution in [1.82, 2.24) is 19.5 Å². The molecule has 0 spiro atoms. The molecule has 26 heavy (non-hydrogen) atoms. The molecular formula is C20H17N5O. The second kappa shape index (κ2) is 6.07. The van der Waals surface area contributed by atoms with Crippen molar-refractivity contribution < 1.29 is 0 Å². The lowest BCUT2D eigenvalue weighted by Gasteiger charge is -2.09. The van der Waals surface area contributed by atoms with Gasteiger partial charge in [0.05, 0.1) is 16.6 Å². The Labute approximate surface area is 150 Å². The summed E-state index contributed by atoms with van der Waals surface area (Å²) in [6, 6.07) is 15.5. The quantitative estimate of drug-likeness (QED) is 0.605. The topological polar surface area (TPSA) is 86.7 Å². The number of benzene rings is 2. The smallest absolute Gasteiger partial charge is 0.261 e. The molecule has 0 bridgehead atoms. The zero-order valence-electron chi connectivity index (χ0n) is 14.5. The number of aromatic nitrogens is 4. The molecular weight excluding hydrogens is 326 g/mol. The molecule has 6 nitrogen and oxygen atoms in total. The SMILES string of the molecule is Cc1nc2cc(-c3cccc(-c4ccnc(N)n4)c3)ccc2c(=O)n1C. The molecule has 0 aliphatic rings. The number of nitrogens with zero attached hydrogens (tertiary/aromatic N) is 4. The Hall–Kier alpha value is -3.54. The first-order valence-corrected chi connectivity index (χ1v) is 8.19. The number of aryl methyl sites for hydroxylation is 1. The third kappa shape index (κ3) is 2.71. The van der Waals surface area contributed by atoms with Gasteiger partial charge >= 0.3 is 0 Å². The maximum Gasteiger partial charge on any atom is 0.261 e. The molecule has 0 atom stereocenters. The van der Waals surface area contributed by atoms with Gasteiger partial charge in [-0.05, 0) is 42.3 Å². The Morgan fingerprint density at radius 2 is 1.73 bits per heavy atom. The average Bonchev–Trinajstić information content (AvgIpc) is 2.66. The molecule has 2 aromatic carbocycles. The van der Waals surface area contributed by atoms with Crippen LogP contribution in [0.3, 0.4) is 0 Å². The molecule has 2 heterocycles. The van der Waals surface area contributed by atoms with Crippen molar-refractivity contribution in [2.75, 3.05) is 5.73 Å². The number of anilines is 1. The summed E-state index contributed by atoms with van der Waals surface area (Å²) in [4.78, 5) is 25.1. The second-order valence-corrected chi connectivity index (χ2v) is 6.14. The minimum Gasteiger partial charge on any atom is -0.368 e. The highest BCUT2D eigenvalue weighted by Crippen LogP contribution is 2.27. The summed E-state index contributed by atoms with van der Waals surface area (Å²) in [5.41, 5.74) is 10.1. The largest absolute Gasteiger partial charge is 0.368 e. The van der Waals surface area contributed by atoms with Crippen LogP contribution in [0, 0.1) is 6.92 Å². The van der Waals surface area contributed by atoms with E-state index in [1.54, 1.807) is 17.8 Å². The van der Waals surface area contributed by atoms with E-state index in [1.165, 1.54) is 0 Å². The summed E-state index contributed by atoms with van der Waals surface area (Å²) in [5, 5.41) is 0.613. The highest BCUT2D eigenvalue weighted by molar-refractivity contribution is 5.84. The summed E-state index contributed by atoms with van der Waals surface area (Å²) < 4.78 is 1.56. The summed E-state index contributed by atoms with van der Waals surface area (Å²) in [6.07, 6.45) is 1.64. The number of rotatable bonds is 2. The summed E-state index contributed by atoms with van der Waals surface area (Å²) in [5.74, 6) is 0.930. The van der Waals surface area contributed by atoms with Gasteiger partial charge < -0.3 is 5.73 Å². The molecule has 0 aliphatic carbocycles. The molecule has 0 aliphatic heterocycles. The first kappa shape index (κ1) is 16.0. The van der Waals surface area contributed by atoms with Crippen LogP contribution in [0.5, 0.6) is 0 Å². The predicted molar refractivity (Wildman–Crippen MR) is 103 cm³/mol. The summed E-state index contributed by atoms with van der Waals surface area (Å²) >= 11 is 0. The molecule has 4 rings (SSSR count). The third-order valence-corrected chi connectivity index (χ3v) is 4.47. The fourth-order valence-corrected chi connectivity index (χ4v) is 2.95. The van der Waals surface area contributed by atoms with Crippen molar-refractivity contribution in [2.24, 2.45) is 7.05 Å². The molecule has 4 aromatic rings. The number of hydrogen-bond acceptors (Lipinski definition) is 5. The zero-order chi connectivity index (χ0) is 18.3. The molecule has 0 saturated carbocycles. The van der Waals surface area contributed by atoms with Crippen LogP contribution in [0.1, 0.15) is 5.82 Å². The van der Waals surface area contributed by atoms with E-state index in [0.29, 0.717) is 16.7 Å². The van der Waals surface area contributed by atoms with Gasteiger partial charge in [-0.25, -0.2) is 15.0 Å². The number of hydrogen-bond donors (Lipinski definition) is 1. The lowest BCUT2D eigenvalue weighted by molar-refractivity contribution is 0.792. The molecule has 2 aromatic heterocycles. The zero-order valence-corrected chi connectivity index (χ0v) is 14.5. The fourth-order valence-electron chi connectivity index (χ4n) is 2.95. The van der Waals surface area contributed by atoms with E-state index in [4.69, 9.17) is 5.73 Å². The van der Waals surface area contributed by atoms with Crippen molar-refractivity contribution in [1.29, 1.82) is 0 Å². The van der Waals surface area contributed by atoms with Crippen molar-refractivity contribution in [3.05, 3.63) is 70.9 Å². The van der Waals surface area contributed by atoms with Crippen LogP contribution in [-0.4, -0.2) is 19.5 Å². The average molecular weight is 343 g/mol. The van der Waals surface area contributed by atoms with Gasteiger partial charge in [0.2, 0.25) is 5.95 Å². The van der Waals surface area contributed by atoms with Gasteiger partial charge in [0, 0.05) is 18.8 Å². The van der Waals surface area contributed by atoms with Crippen LogP contribution >= 0.6 is 0 Å². The fraction of sp³-hybridized carbons (Fsp3) is 0.100. The number of nitrogen functional groups attached to an aromatic ring is 1. The maximum absolute atomic E-state index is 12.4. The van der Waals surface area contributed by atoms with Gasteiger partial charge in [0.15, 0.2) is 0 Å². The first-order chi connectivity index (χ1) is 12.5. The van der Waals surface area contributed by atoms with Gasteiger partial charge in [-0.1, -0.05) is 24.3 Å². The maximum atomic E-state index is 12.4. The highest BCUT2D eigenvalue weighted by Gasteiger charge is 2.08. The van der Waals surface area contributed by atoms with Crippen molar-refractivity contribution in [3.63, 3.8) is 0 Å². The van der Waals surface area contributed by atoms with Crippen LogP contribution in [0.15, 0.2) is 59.5 Å². The number of nitrogens with two attached hydrogens (primary N) is 1. The molecule has 0 radical (unpaired) electrons. The van der Waals surface area contributed by atoms with Gasteiger partial charge in [0.25, 0.3) is 5.56 Å². The van der Waals surface area contributed by atoms with Crippen LogP contribution in [-0.2, 0) is 7.05 Å². The minimum absolute atomic E-state index is 0.0377. The standard InChI is InChI=1S/C20H17N5O/c1-12-23-18-11-14(6-7-16(18)19(26)25(12)2)13-4-3-5-15(10-13)17-8-9-22-20(21)24-17/h3-11H,1-2H3,(H2,21,22,24). The Kier molecular flexibility index (Phi) is 3.73. The Balaban J connectivity index is 1.84. The van der Waals surface area contributed by atoms with Gasteiger partial charge in [-0.3, -0.25) is 9.36 Å². The monoisotopic (exact) mass is 343 g/mol. The first-order valence-electron chi connectivity index (χ1n) is 8.19. The Morgan fingerprint density at radius 1 is 0.962 bits per heavy atom. The predicted octanol–water partition coefficient (Wildman–Crippen LogP) is 2.95. The van der Waals surface area contributed by atoms with E-state index in [9.17, 15) is 4.79 Å². The van der Waals surface area contributed by atoms with Crippen molar-refractivity contribution >= 4 is 16.9 Å². The van der Waals surface area contributed by atoms with Crippen molar-refractivity contribution in [3.8, 4) is 22.4 Å². The number of fused-ring (bicyclic) bond motifs is 1.